The normalized spacial score (nSPS) is 10.7. The molecule has 0 atom stereocenters. The first-order chi connectivity index (χ1) is 54.8. The maximum atomic E-state index is 11.8. The first-order valence-corrected chi connectivity index (χ1v) is 37.7. The van der Waals surface area contributed by atoms with E-state index in [4.69, 9.17) is 23.7 Å². The van der Waals surface area contributed by atoms with E-state index in [0.717, 1.165) is 107 Å². The zero-order chi connectivity index (χ0) is 79.6. The molecule has 0 radical (unpaired) electrons. The first-order valence-electron chi connectivity index (χ1n) is 37.7. The molecular weight excluding hydrogens is 1400 g/mol. The molecule has 0 aliphatic carbocycles. The number of hydrogen-bond donors (Lipinski definition) is 0. The van der Waals surface area contributed by atoms with Crippen molar-refractivity contribution in [2.45, 2.75) is 67.2 Å². The number of ether oxygens (including phenoxy) is 5. The largest absolute Gasteiger partial charge is 0.462 e. The summed E-state index contributed by atoms with van der Waals surface area (Å²) < 4.78 is 27.5. The van der Waals surface area contributed by atoms with Crippen LogP contribution in [0.1, 0.15) is 72.2 Å². The van der Waals surface area contributed by atoms with Gasteiger partial charge in [0.15, 0.2) is 0 Å². The van der Waals surface area contributed by atoms with Crippen LogP contribution >= 0.6 is 0 Å². The Labute approximate surface area is 664 Å². The molecule has 0 fully saturated rings. The van der Waals surface area contributed by atoms with E-state index in [0.29, 0.717) is 66.9 Å². The lowest BCUT2D eigenvalue weighted by molar-refractivity contribution is -0.139. The molecule has 0 amide bonds. The van der Waals surface area contributed by atoms with Crippen molar-refractivity contribution in [1.29, 1.82) is 0 Å². The molecule has 568 valence electrons. The van der Waals surface area contributed by atoms with Crippen LogP contribution < -0.4 is 24.3 Å². The molecule has 0 unspecified atom stereocenters. The third-order valence-electron chi connectivity index (χ3n) is 18.5. The molecule has 12 aromatic rings. The SMILES string of the molecule is C=C(C)C(=O)OCCc1ccc(N(c2ccc(CCOC(=O)C(=C)C)cc2)c2ccc(Oc3ccc(N(c4ccc(C)cc4)c4ccc(C)cc4)cc3)cc2)cc1.C=C(C)C(=O)OCCc1ccc(N(c2ccccc2)c2ccc(/C=C/c3ccc(N(c4ccccc4)c4ccc(CCOC(=O)C(=C)C)cc4)cc3)cc2)cc1. The van der Waals surface area contributed by atoms with E-state index in [1.165, 1.54) is 11.1 Å². The van der Waals surface area contributed by atoms with Gasteiger partial charge in [-0.15, -0.1) is 0 Å². The second kappa shape index (κ2) is 39.5. The Kier molecular flexibility index (Phi) is 28.1. The maximum Gasteiger partial charge on any atom is 0.333 e. The van der Waals surface area contributed by atoms with Gasteiger partial charge in [-0.1, -0.05) is 183 Å². The minimum absolute atomic E-state index is 0.278. The third-order valence-corrected chi connectivity index (χ3v) is 18.5. The van der Waals surface area contributed by atoms with Crippen molar-refractivity contribution in [1.82, 2.24) is 0 Å². The van der Waals surface area contributed by atoms with Gasteiger partial charge in [0.05, 0.1) is 26.4 Å². The number of esters is 4. The Morgan fingerprint density at radius 1 is 0.257 bits per heavy atom. The smallest absolute Gasteiger partial charge is 0.333 e. The van der Waals surface area contributed by atoms with Crippen LogP contribution in [0.5, 0.6) is 11.5 Å². The van der Waals surface area contributed by atoms with Gasteiger partial charge in [0, 0.05) is 116 Å². The second-order valence-electron chi connectivity index (χ2n) is 27.6. The van der Waals surface area contributed by atoms with Crippen molar-refractivity contribution < 1.29 is 42.9 Å². The number of nitrogens with zero attached hydrogens (tertiary/aromatic N) is 4. The summed E-state index contributed by atoms with van der Waals surface area (Å²) in [5.41, 5.74) is 22.7. The average Bonchev–Trinajstić information content (AvgIpc) is 0.786. The molecule has 0 aliphatic heterocycles. The quantitative estimate of drug-likeness (QED) is 0.0172. The molecule has 0 bridgehead atoms. The zero-order valence-electron chi connectivity index (χ0n) is 65.0. The summed E-state index contributed by atoms with van der Waals surface area (Å²) in [7, 11) is 0. The number of para-hydroxylation sites is 2. The summed E-state index contributed by atoms with van der Waals surface area (Å²) in [6, 6.07) is 104. The number of aryl methyl sites for hydroxylation is 2. The van der Waals surface area contributed by atoms with E-state index in [9.17, 15) is 19.2 Å². The monoisotopic (exact) mass is 1490 g/mol. The maximum absolute atomic E-state index is 11.8. The number of anilines is 12. The molecule has 13 nitrogen and oxygen atoms in total. The molecule has 0 aliphatic rings. The Bertz CT molecular complexity index is 4940. The number of carbonyl (C=O) groups excluding carboxylic acids is 4. The summed E-state index contributed by atoms with van der Waals surface area (Å²) in [5.74, 6) is -0.0664. The predicted octanol–water partition coefficient (Wildman–Crippen LogP) is 24.5. The van der Waals surface area contributed by atoms with Crippen LogP contribution in [-0.4, -0.2) is 50.3 Å². The minimum Gasteiger partial charge on any atom is -0.462 e. The number of hydrogen-bond acceptors (Lipinski definition) is 13. The lowest BCUT2D eigenvalue weighted by atomic mass is 10.1. The highest BCUT2D eigenvalue weighted by Gasteiger charge is 2.19. The Hall–Kier alpha value is -13.8. The van der Waals surface area contributed by atoms with Crippen LogP contribution in [0, 0.1) is 13.8 Å². The molecular formula is C100H94N4O9. The Morgan fingerprint density at radius 2 is 0.442 bits per heavy atom. The molecule has 12 aromatic carbocycles. The van der Waals surface area contributed by atoms with E-state index in [1.807, 2.05) is 97.1 Å². The topological polar surface area (TPSA) is 127 Å². The molecule has 0 N–H and O–H groups in total. The van der Waals surface area contributed by atoms with E-state index in [2.05, 4.69) is 278 Å². The summed E-state index contributed by atoms with van der Waals surface area (Å²) in [5, 5.41) is 0. The first kappa shape index (κ1) is 80.2. The van der Waals surface area contributed by atoms with Gasteiger partial charge in [-0.3, -0.25) is 0 Å². The van der Waals surface area contributed by atoms with Gasteiger partial charge in [0.1, 0.15) is 11.5 Å². The van der Waals surface area contributed by atoms with Crippen molar-refractivity contribution in [3.8, 4) is 11.5 Å². The summed E-state index contributed by atoms with van der Waals surface area (Å²) in [4.78, 5) is 56.1. The summed E-state index contributed by atoms with van der Waals surface area (Å²) in [6.07, 6.45) is 6.70. The Morgan fingerprint density at radius 3 is 0.655 bits per heavy atom. The van der Waals surface area contributed by atoms with E-state index < -0.39 is 0 Å². The van der Waals surface area contributed by atoms with Crippen molar-refractivity contribution in [2.75, 3.05) is 46.0 Å². The summed E-state index contributed by atoms with van der Waals surface area (Å²) in [6.45, 7) is 26.5. The van der Waals surface area contributed by atoms with Crippen LogP contribution in [0.2, 0.25) is 0 Å². The number of benzene rings is 12. The van der Waals surface area contributed by atoms with E-state index >= 15 is 0 Å². The third kappa shape index (κ3) is 22.9. The highest BCUT2D eigenvalue weighted by Crippen LogP contribution is 2.41. The van der Waals surface area contributed by atoms with Gasteiger partial charge < -0.3 is 43.3 Å². The highest BCUT2D eigenvalue weighted by molar-refractivity contribution is 5.89. The second-order valence-corrected chi connectivity index (χ2v) is 27.6. The van der Waals surface area contributed by atoms with Gasteiger partial charge in [0.2, 0.25) is 0 Å². The molecule has 0 saturated carbocycles. The zero-order valence-corrected chi connectivity index (χ0v) is 65.0. The fourth-order valence-corrected chi connectivity index (χ4v) is 12.2. The van der Waals surface area contributed by atoms with Crippen molar-refractivity contribution >= 4 is 104 Å². The van der Waals surface area contributed by atoms with Crippen LogP contribution in [0.3, 0.4) is 0 Å². The van der Waals surface area contributed by atoms with Crippen molar-refractivity contribution in [3.05, 3.63) is 396 Å². The molecule has 12 rings (SSSR count). The fraction of sp³-hybridized carbons (Fsp3) is 0.140. The van der Waals surface area contributed by atoms with Gasteiger partial charge in [-0.2, -0.15) is 0 Å². The van der Waals surface area contributed by atoms with E-state index in [-0.39, 0.29) is 37.1 Å². The lowest BCUT2D eigenvalue weighted by Gasteiger charge is -2.26. The molecule has 0 heterocycles. The summed E-state index contributed by atoms with van der Waals surface area (Å²) >= 11 is 0. The molecule has 0 saturated heterocycles. The van der Waals surface area contributed by atoms with Gasteiger partial charge in [0.25, 0.3) is 0 Å². The standard InChI is InChI=1S/C50H48N2O5.C50H46N2O4/c1-35(2)49(53)55-33-31-39-11-19-43(20-12-39)52(44-21-13-40(14-22-44)32-34-56-50(54)36(3)4)46-25-29-48(30-26-46)57-47-27-23-45(24-28-47)51(41-15-7-37(5)8-16-41)42-17-9-38(6)10-18-42;1-37(2)49(53)55-35-33-41-21-29-47(30-22-41)51(43-11-7-5-8-12-43)45-25-17-39(18-26-45)15-16-40-19-27-46(28-20-40)52(44-13-9-6-10-14-44)48-31-23-42(24-32-48)34-36-56-50(54)38(3)4/h7-30H,1,3,31-34H2,2,4-6H3;5-32H,1,3,33-36H2,2,4H3/b;16-15+. The van der Waals surface area contributed by atoms with Crippen molar-refractivity contribution in [2.24, 2.45) is 0 Å². The number of rotatable bonds is 32. The van der Waals surface area contributed by atoms with Crippen LogP contribution in [-0.2, 0) is 63.8 Å². The molecule has 0 spiro atoms. The molecule has 13 heteroatoms. The van der Waals surface area contributed by atoms with Crippen LogP contribution in [0.25, 0.3) is 12.2 Å². The highest BCUT2D eigenvalue weighted by atomic mass is 16.5. The Balaban J connectivity index is 0.000000223. The molecule has 0 aromatic heterocycles. The van der Waals surface area contributed by atoms with Gasteiger partial charge in [-0.25, -0.2) is 19.2 Å². The van der Waals surface area contributed by atoms with Crippen LogP contribution in [0.15, 0.2) is 352 Å². The van der Waals surface area contributed by atoms with E-state index in [1.54, 1.807) is 27.7 Å². The number of carbonyl (C=O) groups is 4. The lowest BCUT2D eigenvalue weighted by Crippen LogP contribution is -2.11. The van der Waals surface area contributed by atoms with Gasteiger partial charge >= 0.3 is 23.9 Å². The predicted molar refractivity (Wildman–Crippen MR) is 461 cm³/mol. The fourth-order valence-electron chi connectivity index (χ4n) is 12.2. The van der Waals surface area contributed by atoms with Crippen molar-refractivity contribution in [3.63, 3.8) is 0 Å². The van der Waals surface area contributed by atoms with Gasteiger partial charge in [-0.05, 0) is 245 Å². The average molecular weight is 1500 g/mol. The minimum atomic E-state index is -0.387. The molecule has 113 heavy (non-hydrogen) atoms. The van der Waals surface area contributed by atoms with Crippen LogP contribution in [0.4, 0.5) is 68.2 Å².